The minimum absolute atomic E-state index is 0.224. The van der Waals surface area contributed by atoms with E-state index < -0.39 is 0 Å². The van der Waals surface area contributed by atoms with Crippen molar-refractivity contribution in [1.29, 1.82) is 0 Å². The molecule has 0 aromatic rings. The second kappa shape index (κ2) is 6.20. The van der Waals surface area contributed by atoms with E-state index in [0.29, 0.717) is 18.1 Å². The molecule has 0 spiro atoms. The van der Waals surface area contributed by atoms with Crippen molar-refractivity contribution in [1.82, 2.24) is 10.6 Å². The van der Waals surface area contributed by atoms with Gasteiger partial charge in [-0.3, -0.25) is 0 Å². The van der Waals surface area contributed by atoms with E-state index in [1.165, 1.54) is 0 Å². The first kappa shape index (κ1) is 11.7. The summed E-state index contributed by atoms with van der Waals surface area (Å²) in [5.74, 6) is 6.29. The number of carbonyl (C=O) groups excluding carboxylic acids is 1. The molecule has 4 heteroatoms. The monoisotopic (exact) mass is 222 g/mol. The highest BCUT2D eigenvalue weighted by molar-refractivity contribution is 7.80. The van der Waals surface area contributed by atoms with Gasteiger partial charge in [-0.25, -0.2) is 0 Å². The van der Waals surface area contributed by atoms with Crippen LogP contribution < -0.4 is 10.6 Å². The topological polar surface area (TPSA) is 41.1 Å². The Bertz CT molecular complexity index is 349. The van der Waals surface area contributed by atoms with Crippen molar-refractivity contribution >= 4 is 23.1 Å². The van der Waals surface area contributed by atoms with Crippen LogP contribution in [-0.4, -0.2) is 17.4 Å². The van der Waals surface area contributed by atoms with Gasteiger partial charge in [-0.2, -0.15) is 0 Å². The Morgan fingerprint density at radius 1 is 1.67 bits per heavy atom. The predicted octanol–water partition coefficient (Wildman–Crippen LogP) is 1.11. The van der Waals surface area contributed by atoms with Crippen molar-refractivity contribution in [2.75, 3.05) is 6.54 Å². The van der Waals surface area contributed by atoms with Crippen LogP contribution in [0.1, 0.15) is 26.2 Å². The smallest absolute Gasteiger partial charge is 0.170 e. The first-order valence-electron chi connectivity index (χ1n) is 4.90. The minimum Gasteiger partial charge on any atom is -0.358 e. The Morgan fingerprint density at radius 2 is 2.47 bits per heavy atom. The van der Waals surface area contributed by atoms with Crippen LogP contribution in [0.5, 0.6) is 0 Å². The Labute approximate surface area is 95.3 Å². The molecule has 3 nitrogen and oxygen atoms in total. The zero-order valence-corrected chi connectivity index (χ0v) is 9.54. The fourth-order valence-electron chi connectivity index (χ4n) is 1.11. The number of hydrogen-bond donors (Lipinski definition) is 2. The summed E-state index contributed by atoms with van der Waals surface area (Å²) < 4.78 is 0. The summed E-state index contributed by atoms with van der Waals surface area (Å²) in [4.78, 5) is 10.7. The molecule has 2 N–H and O–H groups in total. The molecule has 1 rings (SSSR count). The highest BCUT2D eigenvalue weighted by Gasteiger charge is 2.01. The zero-order valence-electron chi connectivity index (χ0n) is 8.72. The third-order valence-corrected chi connectivity index (χ3v) is 2.16. The number of unbranched alkanes of at least 4 members (excludes halogenated alkanes) is 1. The molecule has 1 aliphatic rings. The van der Waals surface area contributed by atoms with Crippen molar-refractivity contribution < 1.29 is 4.79 Å². The molecule has 0 bridgehead atoms. The summed E-state index contributed by atoms with van der Waals surface area (Å²) in [6.45, 7) is 2.29. The Balaban J connectivity index is 2.26. The van der Waals surface area contributed by atoms with E-state index in [1.807, 2.05) is 6.20 Å². The molecule has 0 atom stereocenters. The van der Waals surface area contributed by atoms with Gasteiger partial charge in [0.25, 0.3) is 0 Å². The second-order valence-corrected chi connectivity index (χ2v) is 3.76. The molecule has 0 aromatic carbocycles. The van der Waals surface area contributed by atoms with Crippen molar-refractivity contribution in [2.45, 2.75) is 26.2 Å². The van der Waals surface area contributed by atoms with Crippen molar-refractivity contribution in [3.63, 3.8) is 0 Å². The first-order chi connectivity index (χ1) is 7.18. The molecule has 0 fully saturated rings. The summed E-state index contributed by atoms with van der Waals surface area (Å²) in [7, 11) is 0. The van der Waals surface area contributed by atoms with Crippen LogP contribution in [0.25, 0.3) is 0 Å². The fraction of sp³-hybridized carbons (Fsp3) is 0.455. The van der Waals surface area contributed by atoms with Crippen molar-refractivity contribution in [2.24, 2.45) is 0 Å². The number of nitrogens with one attached hydrogen (secondary N) is 2. The first-order valence-corrected chi connectivity index (χ1v) is 5.31. The average Bonchev–Trinajstić information content (AvgIpc) is 2.20. The van der Waals surface area contributed by atoms with E-state index in [-0.39, 0.29) is 5.78 Å². The predicted molar refractivity (Wildman–Crippen MR) is 64.1 cm³/mol. The molecule has 0 radical (unpaired) electrons. The van der Waals surface area contributed by atoms with Gasteiger partial charge in [-0.1, -0.05) is 11.8 Å². The molecule has 80 valence electrons. The maximum atomic E-state index is 10.7. The number of rotatable bonds is 3. The van der Waals surface area contributed by atoms with E-state index in [1.54, 1.807) is 6.92 Å². The summed E-state index contributed by atoms with van der Waals surface area (Å²) in [5.41, 5.74) is 0.992. The lowest BCUT2D eigenvalue weighted by atomic mass is 10.2. The van der Waals surface area contributed by atoms with E-state index in [9.17, 15) is 4.79 Å². The van der Waals surface area contributed by atoms with Crippen LogP contribution >= 0.6 is 12.2 Å². The maximum absolute atomic E-state index is 10.7. The van der Waals surface area contributed by atoms with Crippen LogP contribution in [-0.2, 0) is 4.79 Å². The maximum Gasteiger partial charge on any atom is 0.170 e. The van der Waals surface area contributed by atoms with E-state index in [2.05, 4.69) is 22.5 Å². The molecule has 0 unspecified atom stereocenters. The number of thiocarbonyl (C=S) groups is 1. The van der Waals surface area contributed by atoms with Gasteiger partial charge >= 0.3 is 0 Å². The summed E-state index contributed by atoms with van der Waals surface area (Å²) in [6, 6.07) is 0. The number of Topliss-reactive ketones (excluding diaryl/α,β-unsaturated/α-hetero) is 1. The molecule has 0 saturated heterocycles. The molecule has 1 heterocycles. The summed E-state index contributed by atoms with van der Waals surface area (Å²) in [5, 5.41) is 6.52. The second-order valence-electron chi connectivity index (χ2n) is 3.35. The minimum atomic E-state index is 0.224. The molecule has 1 aliphatic heterocycles. The largest absolute Gasteiger partial charge is 0.358 e. The van der Waals surface area contributed by atoms with Crippen LogP contribution in [0.15, 0.2) is 11.8 Å². The quantitative estimate of drug-likeness (QED) is 0.426. The Morgan fingerprint density at radius 3 is 3.07 bits per heavy atom. The molecule has 0 saturated carbocycles. The molecule has 15 heavy (non-hydrogen) atoms. The molecular formula is C11H14N2OS. The Kier molecular flexibility index (Phi) is 4.85. The van der Waals surface area contributed by atoms with Crippen molar-refractivity contribution in [3.8, 4) is 11.8 Å². The highest BCUT2D eigenvalue weighted by Crippen LogP contribution is 1.97. The van der Waals surface area contributed by atoms with E-state index in [4.69, 9.17) is 12.2 Å². The normalized spacial score (nSPS) is 14.2. The fourth-order valence-corrected chi connectivity index (χ4v) is 1.24. The van der Waals surface area contributed by atoms with Gasteiger partial charge in [0.2, 0.25) is 0 Å². The van der Waals surface area contributed by atoms with Crippen LogP contribution in [0.3, 0.4) is 0 Å². The van der Waals surface area contributed by atoms with Crippen LogP contribution in [0.2, 0.25) is 0 Å². The third-order valence-electron chi connectivity index (χ3n) is 1.90. The van der Waals surface area contributed by atoms with Gasteiger partial charge in [0, 0.05) is 24.6 Å². The molecule has 0 aliphatic carbocycles. The lowest BCUT2D eigenvalue weighted by molar-refractivity contribution is -0.117. The van der Waals surface area contributed by atoms with E-state index >= 15 is 0 Å². The molecule has 0 aromatic heterocycles. The lowest BCUT2D eigenvalue weighted by Gasteiger charge is -2.12. The highest BCUT2D eigenvalue weighted by atomic mass is 32.1. The van der Waals surface area contributed by atoms with Gasteiger partial charge in [-0.05, 0) is 25.6 Å². The number of carbonyl (C=O) groups is 1. The Hall–Kier alpha value is -1.34. The lowest BCUT2D eigenvalue weighted by Crippen LogP contribution is -2.37. The molecule has 0 amide bonds. The van der Waals surface area contributed by atoms with Gasteiger partial charge in [0.05, 0.1) is 6.54 Å². The third kappa shape index (κ3) is 5.18. The van der Waals surface area contributed by atoms with Crippen LogP contribution in [0.4, 0.5) is 0 Å². The van der Waals surface area contributed by atoms with Gasteiger partial charge in [-0.15, -0.1) is 0 Å². The van der Waals surface area contributed by atoms with Crippen molar-refractivity contribution in [3.05, 3.63) is 11.8 Å². The van der Waals surface area contributed by atoms with Gasteiger partial charge < -0.3 is 15.4 Å². The van der Waals surface area contributed by atoms with Gasteiger partial charge in [0.1, 0.15) is 5.78 Å². The summed E-state index contributed by atoms with van der Waals surface area (Å²) in [6.07, 6.45) is 4.04. The zero-order chi connectivity index (χ0) is 11.1. The standard InChI is InChI=1S/C11H14N2OS/c1-9(14)5-3-2-4-6-10-7-12-11(15)13-8-10/h7H,2-3,5,8H2,1H3,(H2,12,13,15). The van der Waals surface area contributed by atoms with Gasteiger partial charge in [0.15, 0.2) is 5.11 Å². The number of hydrogen-bond acceptors (Lipinski definition) is 2. The number of ketones is 1. The average molecular weight is 222 g/mol. The van der Waals surface area contributed by atoms with E-state index in [0.717, 1.165) is 18.4 Å². The van der Waals surface area contributed by atoms with Crippen LogP contribution in [0, 0.1) is 11.8 Å². The molecular weight excluding hydrogens is 208 g/mol. The SMILES string of the molecule is CC(=O)CCCC#CC1=CNC(=S)NC1. The summed E-state index contributed by atoms with van der Waals surface area (Å²) >= 11 is 4.89.